The molecule has 2 aromatic rings. The van der Waals surface area contributed by atoms with Crippen LogP contribution in [-0.2, 0) is 14.1 Å². The Balaban J connectivity index is 2.39. The van der Waals surface area contributed by atoms with Gasteiger partial charge in [-0.3, -0.25) is 9.36 Å². The Bertz CT molecular complexity index is 570. The summed E-state index contributed by atoms with van der Waals surface area (Å²) in [5.74, 6) is -0.447. The lowest BCUT2D eigenvalue weighted by molar-refractivity contribution is -0.139. The summed E-state index contributed by atoms with van der Waals surface area (Å²) in [5, 5.41) is 4.18. The van der Waals surface area contributed by atoms with Gasteiger partial charge in [-0.1, -0.05) is 36.4 Å². The highest BCUT2D eigenvalue weighted by Gasteiger charge is 2.27. The van der Waals surface area contributed by atoms with E-state index in [9.17, 15) is 9.36 Å². The van der Waals surface area contributed by atoms with Crippen molar-refractivity contribution in [3.8, 4) is 0 Å². The molecule has 0 atom stereocenters. The van der Waals surface area contributed by atoms with E-state index in [1.807, 2.05) is 36.4 Å². The van der Waals surface area contributed by atoms with Gasteiger partial charge in [0.2, 0.25) is 7.29 Å². The fourth-order valence-corrected chi connectivity index (χ4v) is 4.05. The van der Waals surface area contributed by atoms with Crippen LogP contribution in [0.2, 0.25) is 0 Å². The van der Waals surface area contributed by atoms with E-state index in [2.05, 4.69) is 9.82 Å². The zero-order chi connectivity index (χ0) is 14.4. The minimum absolute atomic E-state index is 0.0996. The molecule has 0 spiro atoms. The number of benzene rings is 2. The molecule has 20 heavy (non-hydrogen) atoms. The lowest BCUT2D eigenvalue weighted by atomic mass is 10.4. The first-order valence-corrected chi connectivity index (χ1v) is 7.91. The molecule has 104 valence electrons. The van der Waals surface area contributed by atoms with Crippen LogP contribution in [0.1, 0.15) is 0 Å². The summed E-state index contributed by atoms with van der Waals surface area (Å²) in [4.78, 5) is 11.3. The molecule has 0 aliphatic carbocycles. The number of rotatable bonds is 5. The summed E-state index contributed by atoms with van der Waals surface area (Å²) in [6, 6.07) is 18.2. The maximum atomic E-state index is 13.3. The lowest BCUT2D eigenvalue weighted by Crippen LogP contribution is -2.31. The predicted octanol–water partition coefficient (Wildman–Crippen LogP) is 1.68. The van der Waals surface area contributed by atoms with Crippen LogP contribution in [0.3, 0.4) is 0 Å². The Hall–Kier alpha value is -1.90. The van der Waals surface area contributed by atoms with Crippen molar-refractivity contribution >= 4 is 23.9 Å². The Morgan fingerprint density at radius 2 is 1.45 bits per heavy atom. The summed E-state index contributed by atoms with van der Waals surface area (Å²) < 4.78 is 17.9. The van der Waals surface area contributed by atoms with Gasteiger partial charge >= 0.3 is 5.97 Å². The van der Waals surface area contributed by atoms with Crippen LogP contribution in [0, 0.1) is 0 Å². The van der Waals surface area contributed by atoms with Crippen molar-refractivity contribution in [1.82, 2.24) is 5.09 Å². The normalized spacial score (nSPS) is 11.1. The third-order valence-corrected chi connectivity index (χ3v) is 5.57. The first-order valence-electron chi connectivity index (χ1n) is 6.20. The molecule has 4 nitrogen and oxygen atoms in total. The van der Waals surface area contributed by atoms with Crippen molar-refractivity contribution in [2.45, 2.75) is 0 Å². The number of hydrogen-bond acceptors (Lipinski definition) is 3. The van der Waals surface area contributed by atoms with Gasteiger partial charge in [0.1, 0.15) is 6.54 Å². The van der Waals surface area contributed by atoms with E-state index >= 15 is 0 Å². The van der Waals surface area contributed by atoms with Gasteiger partial charge in [0.15, 0.2) is 0 Å². The molecule has 0 heterocycles. The zero-order valence-corrected chi connectivity index (χ0v) is 12.0. The molecule has 0 unspecified atom stereocenters. The Morgan fingerprint density at radius 1 is 1.00 bits per heavy atom. The fraction of sp³-hybridized carbons (Fsp3) is 0.133. The molecular formula is C15H16NO3P. The highest BCUT2D eigenvalue weighted by molar-refractivity contribution is 7.76. The Labute approximate surface area is 118 Å². The smallest absolute Gasteiger partial charge is 0.320 e. The number of esters is 1. The van der Waals surface area contributed by atoms with E-state index in [0.29, 0.717) is 10.6 Å². The van der Waals surface area contributed by atoms with Gasteiger partial charge in [0.05, 0.1) is 7.11 Å². The van der Waals surface area contributed by atoms with E-state index in [0.717, 1.165) is 0 Å². The van der Waals surface area contributed by atoms with Gasteiger partial charge in [0.25, 0.3) is 0 Å². The second-order valence-electron chi connectivity index (χ2n) is 4.19. The molecule has 0 saturated heterocycles. The van der Waals surface area contributed by atoms with E-state index in [1.54, 1.807) is 24.3 Å². The molecule has 0 amide bonds. The molecule has 5 heteroatoms. The average Bonchev–Trinajstić information content (AvgIpc) is 2.54. The molecule has 0 bridgehead atoms. The van der Waals surface area contributed by atoms with Crippen molar-refractivity contribution in [1.29, 1.82) is 0 Å². The molecule has 0 fully saturated rings. The first kappa shape index (κ1) is 14.5. The standard InChI is InChI=1S/C15H16NO3P/c1-19-15(17)12-16-20(18,13-8-4-2-5-9-13)14-10-6-3-7-11-14/h2-11H,12H2,1H3,(H,16,18). The lowest BCUT2D eigenvalue weighted by Gasteiger charge is -2.19. The first-order chi connectivity index (χ1) is 9.66. The maximum Gasteiger partial charge on any atom is 0.320 e. The summed E-state index contributed by atoms with van der Waals surface area (Å²) in [6.45, 7) is -0.0996. The minimum atomic E-state index is -3.04. The highest BCUT2D eigenvalue weighted by atomic mass is 31.2. The third kappa shape index (κ3) is 3.16. The quantitative estimate of drug-likeness (QED) is 0.672. The average molecular weight is 289 g/mol. The molecule has 0 aromatic heterocycles. The van der Waals surface area contributed by atoms with Crippen molar-refractivity contribution in [2.24, 2.45) is 0 Å². The minimum Gasteiger partial charge on any atom is -0.468 e. The topological polar surface area (TPSA) is 55.4 Å². The Kier molecular flexibility index (Phi) is 4.72. The molecule has 0 aliphatic rings. The number of carbonyl (C=O) groups is 1. The summed E-state index contributed by atoms with van der Waals surface area (Å²) in [6.07, 6.45) is 0. The number of hydrogen-bond donors (Lipinski definition) is 1. The van der Waals surface area contributed by atoms with Gasteiger partial charge < -0.3 is 4.74 Å². The largest absolute Gasteiger partial charge is 0.468 e. The van der Waals surface area contributed by atoms with E-state index < -0.39 is 13.3 Å². The van der Waals surface area contributed by atoms with Crippen molar-refractivity contribution < 1.29 is 14.1 Å². The van der Waals surface area contributed by atoms with Crippen LogP contribution >= 0.6 is 7.29 Å². The maximum absolute atomic E-state index is 13.3. The molecule has 2 rings (SSSR count). The highest BCUT2D eigenvalue weighted by Crippen LogP contribution is 2.38. The second kappa shape index (κ2) is 6.51. The van der Waals surface area contributed by atoms with Crippen LogP contribution in [0.4, 0.5) is 0 Å². The monoisotopic (exact) mass is 289 g/mol. The number of nitrogens with one attached hydrogen (secondary N) is 1. The van der Waals surface area contributed by atoms with Gasteiger partial charge in [-0.15, -0.1) is 0 Å². The van der Waals surface area contributed by atoms with E-state index in [1.165, 1.54) is 7.11 Å². The molecule has 1 N–H and O–H groups in total. The van der Waals surface area contributed by atoms with E-state index in [4.69, 9.17) is 0 Å². The van der Waals surface area contributed by atoms with Crippen LogP contribution in [-0.4, -0.2) is 19.6 Å². The van der Waals surface area contributed by atoms with Crippen molar-refractivity contribution in [3.05, 3.63) is 60.7 Å². The second-order valence-corrected chi connectivity index (χ2v) is 6.76. The SMILES string of the molecule is COC(=O)CNP(=O)(c1ccccc1)c1ccccc1. The van der Waals surface area contributed by atoms with Gasteiger partial charge in [0, 0.05) is 10.6 Å². The molecule has 0 aliphatic heterocycles. The van der Waals surface area contributed by atoms with Gasteiger partial charge in [-0.25, -0.2) is 5.09 Å². The van der Waals surface area contributed by atoms with Gasteiger partial charge in [-0.05, 0) is 24.3 Å². The summed E-state index contributed by atoms with van der Waals surface area (Å²) >= 11 is 0. The zero-order valence-electron chi connectivity index (χ0n) is 11.2. The number of carbonyl (C=O) groups excluding carboxylic acids is 1. The summed E-state index contributed by atoms with van der Waals surface area (Å²) in [7, 11) is -1.74. The van der Waals surface area contributed by atoms with Crippen LogP contribution in [0.15, 0.2) is 60.7 Å². The van der Waals surface area contributed by atoms with Gasteiger partial charge in [-0.2, -0.15) is 0 Å². The van der Waals surface area contributed by atoms with Crippen LogP contribution in [0.5, 0.6) is 0 Å². The van der Waals surface area contributed by atoms with Crippen molar-refractivity contribution in [3.63, 3.8) is 0 Å². The number of ether oxygens (including phenoxy) is 1. The van der Waals surface area contributed by atoms with Crippen LogP contribution in [0.25, 0.3) is 0 Å². The molecular weight excluding hydrogens is 273 g/mol. The predicted molar refractivity (Wildman–Crippen MR) is 79.8 cm³/mol. The molecule has 0 saturated carbocycles. The van der Waals surface area contributed by atoms with E-state index in [-0.39, 0.29) is 6.54 Å². The molecule has 2 aromatic carbocycles. The fourth-order valence-electron chi connectivity index (χ4n) is 1.86. The summed E-state index contributed by atoms with van der Waals surface area (Å²) in [5.41, 5.74) is 0. The van der Waals surface area contributed by atoms with Crippen molar-refractivity contribution in [2.75, 3.05) is 13.7 Å². The van der Waals surface area contributed by atoms with Crippen LogP contribution < -0.4 is 15.7 Å². The third-order valence-electron chi connectivity index (χ3n) is 2.91. The number of methoxy groups -OCH3 is 1. The molecule has 0 radical (unpaired) electrons. The Morgan fingerprint density at radius 3 is 1.85 bits per heavy atom.